The Balaban J connectivity index is 0.000000456. The summed E-state index contributed by atoms with van der Waals surface area (Å²) in [6, 6.07) is 15.1. The molecule has 4 aromatic heterocycles. The maximum atomic E-state index is 12.5. The van der Waals surface area contributed by atoms with Crippen LogP contribution in [0.2, 0.25) is 0 Å². The normalized spacial score (nSPS) is 9.94. The Kier molecular flexibility index (Phi) is 16.3. The van der Waals surface area contributed by atoms with Crippen molar-refractivity contribution in [2.75, 3.05) is 26.2 Å². The Bertz CT molecular complexity index is 955. The average molecular weight is 568 g/mol. The minimum atomic E-state index is -1.76. The van der Waals surface area contributed by atoms with Crippen LogP contribution in [0.25, 0.3) is 0 Å². The Morgan fingerprint density at radius 3 is 1.69 bits per heavy atom. The number of thiophene rings is 4. The number of hydrogen-bond donors (Lipinski definition) is 1. The van der Waals surface area contributed by atoms with Gasteiger partial charge in [-0.25, -0.2) is 4.79 Å². The number of esters is 1. The molecule has 35 heavy (non-hydrogen) atoms. The molecule has 0 spiro atoms. The first-order valence-electron chi connectivity index (χ1n) is 10.7. The van der Waals surface area contributed by atoms with Crippen molar-refractivity contribution in [1.29, 1.82) is 0 Å². The first kappa shape index (κ1) is 31.1. The summed E-state index contributed by atoms with van der Waals surface area (Å²) < 4.78 is 5.24. The second-order valence-corrected chi connectivity index (χ2v) is 10.2. The molecule has 0 amide bonds. The van der Waals surface area contributed by atoms with Crippen LogP contribution >= 0.6 is 57.8 Å². The first-order chi connectivity index (χ1) is 16.6. The number of halogens is 1. The van der Waals surface area contributed by atoms with Gasteiger partial charge in [-0.2, -0.15) is 22.7 Å². The summed E-state index contributed by atoms with van der Waals surface area (Å²) in [6.07, 6.45) is 0. The van der Waals surface area contributed by atoms with Crippen LogP contribution in [0.1, 0.15) is 23.6 Å². The third-order valence-corrected chi connectivity index (χ3v) is 7.71. The molecule has 4 heterocycles. The van der Waals surface area contributed by atoms with Crippen molar-refractivity contribution in [2.24, 2.45) is 0 Å². The standard InChI is InChI=1S/C18H21NO3S2.2C4H4S.ClH/c1-3-19(4-2)11-5-6-12-22-17(20)18(21,15-9-7-13-23-15)16-10-8-14-24-16;2*1-2-4-5-3-1;/h7-10,13-14,21H,3-4,11-12H2,1-2H3;2*1-4H;1H. The van der Waals surface area contributed by atoms with E-state index in [0.717, 1.165) is 13.1 Å². The molecule has 0 aliphatic carbocycles. The van der Waals surface area contributed by atoms with E-state index in [1.54, 1.807) is 46.9 Å². The predicted molar refractivity (Wildman–Crippen MR) is 154 cm³/mol. The maximum absolute atomic E-state index is 12.5. The van der Waals surface area contributed by atoms with Gasteiger partial charge in [0, 0.05) is 0 Å². The highest BCUT2D eigenvalue weighted by molar-refractivity contribution is 7.12. The van der Waals surface area contributed by atoms with Crippen LogP contribution in [0.3, 0.4) is 0 Å². The fourth-order valence-electron chi connectivity index (χ4n) is 2.62. The molecule has 0 unspecified atom stereocenters. The van der Waals surface area contributed by atoms with Gasteiger partial charge in [-0.05, 0) is 57.5 Å². The number of nitrogens with zero attached hydrogens (tertiary/aromatic N) is 1. The molecule has 9 heteroatoms. The lowest BCUT2D eigenvalue weighted by molar-refractivity contribution is -0.160. The lowest BCUT2D eigenvalue weighted by Gasteiger charge is -2.23. The van der Waals surface area contributed by atoms with Crippen LogP contribution < -0.4 is 0 Å². The molecule has 0 aromatic carbocycles. The van der Waals surface area contributed by atoms with Crippen LogP contribution in [-0.4, -0.2) is 42.2 Å². The van der Waals surface area contributed by atoms with Gasteiger partial charge in [0.1, 0.15) is 0 Å². The van der Waals surface area contributed by atoms with Crippen LogP contribution in [0.5, 0.6) is 0 Å². The molecular formula is C26H30ClNO3S4. The summed E-state index contributed by atoms with van der Waals surface area (Å²) in [5.74, 6) is 5.13. The van der Waals surface area contributed by atoms with E-state index in [0.29, 0.717) is 16.3 Å². The summed E-state index contributed by atoms with van der Waals surface area (Å²) in [7, 11) is 0. The largest absolute Gasteiger partial charge is 0.450 e. The third-order valence-electron chi connectivity index (χ3n) is 4.50. The Labute approximate surface area is 230 Å². The van der Waals surface area contributed by atoms with Crippen LogP contribution in [0, 0.1) is 11.8 Å². The second kappa shape index (κ2) is 18.3. The highest BCUT2D eigenvalue weighted by Crippen LogP contribution is 2.36. The van der Waals surface area contributed by atoms with Crippen molar-refractivity contribution >= 4 is 63.7 Å². The number of aliphatic hydroxyl groups is 1. The van der Waals surface area contributed by atoms with Crippen molar-refractivity contribution in [3.63, 3.8) is 0 Å². The molecule has 188 valence electrons. The van der Waals surface area contributed by atoms with E-state index in [1.807, 2.05) is 56.5 Å². The highest BCUT2D eigenvalue weighted by Gasteiger charge is 2.43. The monoisotopic (exact) mass is 567 g/mol. The van der Waals surface area contributed by atoms with Crippen molar-refractivity contribution < 1.29 is 14.6 Å². The Hall–Kier alpha value is -1.96. The zero-order chi connectivity index (χ0) is 24.5. The van der Waals surface area contributed by atoms with Gasteiger partial charge in [0.15, 0.2) is 6.61 Å². The molecule has 0 radical (unpaired) electrons. The zero-order valence-electron chi connectivity index (χ0n) is 19.7. The highest BCUT2D eigenvalue weighted by atomic mass is 35.5. The molecule has 1 N–H and O–H groups in total. The molecule has 0 aliphatic rings. The third kappa shape index (κ3) is 10.7. The van der Waals surface area contributed by atoms with E-state index in [-0.39, 0.29) is 19.0 Å². The Morgan fingerprint density at radius 2 is 1.34 bits per heavy atom. The van der Waals surface area contributed by atoms with E-state index >= 15 is 0 Å². The van der Waals surface area contributed by atoms with Crippen molar-refractivity contribution in [3.8, 4) is 11.8 Å². The van der Waals surface area contributed by atoms with Gasteiger partial charge in [-0.15, -0.1) is 35.1 Å². The van der Waals surface area contributed by atoms with Gasteiger partial charge in [0.05, 0.1) is 16.3 Å². The summed E-state index contributed by atoms with van der Waals surface area (Å²) in [6.45, 7) is 6.63. The number of rotatable bonds is 7. The van der Waals surface area contributed by atoms with Crippen LogP contribution in [0.4, 0.5) is 0 Å². The van der Waals surface area contributed by atoms with Gasteiger partial charge in [0.2, 0.25) is 5.60 Å². The zero-order valence-corrected chi connectivity index (χ0v) is 23.7. The minimum absolute atomic E-state index is 0. The predicted octanol–water partition coefficient (Wildman–Crippen LogP) is 6.85. The summed E-state index contributed by atoms with van der Waals surface area (Å²) in [5.41, 5.74) is -1.76. The van der Waals surface area contributed by atoms with Gasteiger partial charge in [0.25, 0.3) is 0 Å². The number of carbonyl (C=O) groups excluding carboxylic acids is 1. The second-order valence-electron chi connectivity index (χ2n) is 6.64. The maximum Gasteiger partial charge on any atom is 0.350 e. The molecule has 4 nitrogen and oxygen atoms in total. The quantitative estimate of drug-likeness (QED) is 0.196. The molecule has 0 fully saturated rings. The molecule has 0 saturated carbocycles. The van der Waals surface area contributed by atoms with E-state index in [2.05, 4.69) is 30.6 Å². The van der Waals surface area contributed by atoms with Crippen molar-refractivity contribution in [1.82, 2.24) is 4.90 Å². The van der Waals surface area contributed by atoms with Gasteiger partial charge < -0.3 is 9.84 Å². The molecule has 0 bridgehead atoms. The molecular weight excluding hydrogens is 538 g/mol. The number of hydrogen-bond acceptors (Lipinski definition) is 8. The fourth-order valence-corrected chi connectivity index (χ4v) is 5.24. The van der Waals surface area contributed by atoms with E-state index in [9.17, 15) is 9.90 Å². The van der Waals surface area contributed by atoms with E-state index in [1.165, 1.54) is 22.7 Å². The average Bonchev–Trinajstić information content (AvgIpc) is 3.71. The van der Waals surface area contributed by atoms with Crippen LogP contribution in [-0.2, 0) is 15.1 Å². The summed E-state index contributed by atoms with van der Waals surface area (Å²) in [5, 5.41) is 22.8. The molecule has 0 saturated heterocycles. The Morgan fingerprint density at radius 1 is 0.857 bits per heavy atom. The summed E-state index contributed by atoms with van der Waals surface area (Å²) in [4.78, 5) is 15.8. The van der Waals surface area contributed by atoms with E-state index in [4.69, 9.17) is 4.74 Å². The van der Waals surface area contributed by atoms with Crippen molar-refractivity contribution in [3.05, 3.63) is 90.6 Å². The first-order valence-corrected chi connectivity index (χ1v) is 14.4. The molecule has 4 rings (SSSR count). The SMILES string of the molecule is CCN(CC)CC#CCOC(=O)C(O)(c1cccs1)c1cccs1.Cl.c1ccsc1.c1ccsc1. The van der Waals surface area contributed by atoms with E-state index < -0.39 is 11.6 Å². The molecule has 4 aromatic rings. The summed E-state index contributed by atoms with van der Waals surface area (Å²) >= 11 is 6.07. The number of ether oxygens (including phenoxy) is 1. The van der Waals surface area contributed by atoms with Gasteiger partial charge in [-0.1, -0.05) is 62.1 Å². The van der Waals surface area contributed by atoms with Crippen LogP contribution in [0.15, 0.2) is 80.8 Å². The fraction of sp³-hybridized carbons (Fsp3) is 0.269. The molecule has 0 aliphatic heterocycles. The lowest BCUT2D eigenvalue weighted by Crippen LogP contribution is -2.37. The minimum Gasteiger partial charge on any atom is -0.450 e. The molecule has 0 atom stereocenters. The van der Waals surface area contributed by atoms with Gasteiger partial charge in [-0.3, -0.25) is 4.90 Å². The topological polar surface area (TPSA) is 49.8 Å². The smallest absolute Gasteiger partial charge is 0.350 e. The van der Waals surface area contributed by atoms with Gasteiger partial charge >= 0.3 is 5.97 Å². The number of carbonyl (C=O) groups is 1. The lowest BCUT2D eigenvalue weighted by atomic mass is 10.0. The van der Waals surface area contributed by atoms with Crippen molar-refractivity contribution in [2.45, 2.75) is 19.4 Å².